The standard InChI is InChI=1S/C18H21N5O.C17H21N5O2S.C15H19N5O/c24-17(15-3-1-14(2-4-15)16-20-22-23-21-16)19-18-8-11-5-12(9-18)7-13(6-11)10-18;23-25(24,15-3-1-14(2-4-15)16-18-21-22-19-16)20-17-8-11-5-12(9-17)7-13(6-11)10-17;21-15(16-10-11-4-2-1-3-5-11)13-8-6-12(7-9-13)14-17-19-20-18-14/h1-4,11-13H,5-10H2,(H,19,24)(H,20,21,22,23);1-4,11-13,20H,5-10H2,(H,18,19,21,22);6-9,11H,1-5,10H2,(H,16,21)(H,17,18,19,20). The molecule has 0 atom stereocenters. The molecule has 366 valence electrons. The van der Waals surface area contributed by atoms with Crippen molar-refractivity contribution >= 4 is 21.8 Å². The third-order valence-electron chi connectivity index (χ3n) is 16.4. The Kier molecular flexibility index (Phi) is 12.8. The molecule has 8 bridgehead atoms. The number of hydrogen-bond acceptors (Lipinski definition) is 13. The molecule has 0 aliphatic heterocycles. The maximum absolute atomic E-state index is 13.0. The van der Waals surface area contributed by atoms with E-state index in [9.17, 15) is 18.0 Å². The van der Waals surface area contributed by atoms with Crippen LogP contribution in [0.4, 0.5) is 0 Å². The summed E-state index contributed by atoms with van der Waals surface area (Å²) in [4.78, 5) is 25.2. The Balaban J connectivity index is 0.000000115. The molecule has 15 rings (SSSR count). The molecule has 6 N–H and O–H groups in total. The first kappa shape index (κ1) is 46.1. The third kappa shape index (κ3) is 10.3. The molecule has 2 amide bonds. The van der Waals surface area contributed by atoms with Gasteiger partial charge in [-0.3, -0.25) is 9.59 Å². The highest BCUT2D eigenvalue weighted by molar-refractivity contribution is 7.89. The fourth-order valence-corrected chi connectivity index (χ4v) is 15.5. The van der Waals surface area contributed by atoms with Crippen LogP contribution in [0.2, 0.25) is 0 Å². The van der Waals surface area contributed by atoms with Crippen LogP contribution >= 0.6 is 0 Å². The largest absolute Gasteiger partial charge is 0.352 e. The van der Waals surface area contributed by atoms with Gasteiger partial charge in [-0.1, -0.05) is 43.5 Å². The van der Waals surface area contributed by atoms with Crippen LogP contribution in [0.3, 0.4) is 0 Å². The van der Waals surface area contributed by atoms with Gasteiger partial charge in [0.05, 0.1) is 4.90 Å². The van der Waals surface area contributed by atoms with Crippen LogP contribution in [0.25, 0.3) is 34.2 Å². The summed E-state index contributed by atoms with van der Waals surface area (Å²) in [7, 11) is -3.52. The molecule has 3 aromatic carbocycles. The highest BCUT2D eigenvalue weighted by atomic mass is 32.2. The number of amides is 2. The number of sulfonamides is 1. The first-order chi connectivity index (χ1) is 34.0. The number of H-pyrrole nitrogens is 3. The van der Waals surface area contributed by atoms with Crippen molar-refractivity contribution in [2.24, 2.45) is 41.4 Å². The Bertz CT molecular complexity index is 2740. The van der Waals surface area contributed by atoms with Gasteiger partial charge in [-0.2, -0.15) is 15.6 Å². The molecule has 0 saturated heterocycles. The van der Waals surface area contributed by atoms with Crippen LogP contribution < -0.4 is 15.4 Å². The molecule has 70 heavy (non-hydrogen) atoms. The average molecular weight is 968 g/mol. The summed E-state index contributed by atoms with van der Waals surface area (Å²) < 4.78 is 29.0. The number of aromatic amines is 3. The number of rotatable bonds is 11. The lowest BCUT2D eigenvalue weighted by Gasteiger charge is -2.56. The maximum Gasteiger partial charge on any atom is 0.251 e. The number of carbonyl (C=O) groups excluding carboxylic acids is 2. The predicted octanol–water partition coefficient (Wildman–Crippen LogP) is 6.86. The van der Waals surface area contributed by atoms with E-state index in [-0.39, 0.29) is 22.9 Å². The molecular formula is C50H61N15O4S. The van der Waals surface area contributed by atoms with E-state index in [4.69, 9.17) is 0 Å². The highest BCUT2D eigenvalue weighted by Gasteiger charge is 2.53. The molecule has 19 nitrogen and oxygen atoms in total. The Morgan fingerprint density at radius 1 is 0.514 bits per heavy atom. The quantitative estimate of drug-likeness (QED) is 0.0776. The summed E-state index contributed by atoms with van der Waals surface area (Å²) >= 11 is 0. The maximum atomic E-state index is 13.0. The van der Waals surface area contributed by atoms with Crippen molar-refractivity contribution < 1.29 is 18.0 Å². The number of nitrogens with zero attached hydrogens (tertiary/aromatic N) is 9. The Morgan fingerprint density at radius 3 is 1.30 bits per heavy atom. The van der Waals surface area contributed by atoms with Crippen molar-refractivity contribution in [1.29, 1.82) is 0 Å². The van der Waals surface area contributed by atoms with Crippen LogP contribution in [0.15, 0.2) is 77.7 Å². The van der Waals surface area contributed by atoms with E-state index in [1.54, 1.807) is 36.4 Å². The van der Waals surface area contributed by atoms with Crippen LogP contribution in [0.5, 0.6) is 0 Å². The van der Waals surface area contributed by atoms with Crippen molar-refractivity contribution in [3.05, 3.63) is 83.9 Å². The van der Waals surface area contributed by atoms with Gasteiger partial charge < -0.3 is 10.6 Å². The smallest absolute Gasteiger partial charge is 0.251 e. The normalized spacial score (nSPS) is 28.3. The summed E-state index contributed by atoms with van der Waals surface area (Å²) in [6.07, 6.45) is 20.9. The zero-order valence-electron chi connectivity index (χ0n) is 39.3. The van der Waals surface area contributed by atoms with Gasteiger partial charge >= 0.3 is 0 Å². The monoisotopic (exact) mass is 967 g/mol. The minimum Gasteiger partial charge on any atom is -0.352 e. The van der Waals surface area contributed by atoms with Crippen LogP contribution in [-0.2, 0) is 10.0 Å². The van der Waals surface area contributed by atoms with Crippen molar-refractivity contribution in [1.82, 2.24) is 77.2 Å². The second kappa shape index (κ2) is 19.5. The van der Waals surface area contributed by atoms with Gasteiger partial charge in [0.1, 0.15) is 0 Å². The molecular weight excluding hydrogens is 907 g/mol. The van der Waals surface area contributed by atoms with Crippen molar-refractivity contribution in [3.8, 4) is 34.2 Å². The fraction of sp³-hybridized carbons (Fsp3) is 0.540. The number of benzene rings is 3. The molecule has 9 saturated carbocycles. The zero-order valence-corrected chi connectivity index (χ0v) is 40.1. The SMILES string of the molecule is O=C(NC12CC3CC(CC(C3)C1)C2)c1ccc(-c2nn[nH]n2)cc1.O=C(NCC1CCCCC1)c1ccc(-c2nn[nH]n2)cc1.O=S(=O)(NC12CC3CC(CC(C3)C1)C2)c1ccc(-c2nn[nH]n2)cc1. The predicted molar refractivity (Wildman–Crippen MR) is 257 cm³/mol. The van der Waals surface area contributed by atoms with Gasteiger partial charge in [-0.25, -0.2) is 13.1 Å². The molecule has 9 aliphatic carbocycles. The lowest BCUT2D eigenvalue weighted by atomic mass is 9.53. The molecule has 3 heterocycles. The molecule has 9 aliphatic rings. The molecule has 9 fully saturated rings. The Morgan fingerprint density at radius 2 is 0.900 bits per heavy atom. The molecule has 0 unspecified atom stereocenters. The van der Waals surface area contributed by atoms with Crippen LogP contribution in [-0.4, -0.2) is 99.7 Å². The van der Waals surface area contributed by atoms with Crippen LogP contribution in [0.1, 0.15) is 130 Å². The lowest BCUT2D eigenvalue weighted by molar-refractivity contribution is -0.0167. The third-order valence-corrected chi connectivity index (χ3v) is 17.9. The van der Waals surface area contributed by atoms with Gasteiger partial charge in [-0.05, 0) is 195 Å². The van der Waals surface area contributed by atoms with E-state index in [1.807, 2.05) is 36.4 Å². The molecule has 20 heteroatoms. The highest BCUT2D eigenvalue weighted by Crippen LogP contribution is 2.57. The number of hydrogen-bond donors (Lipinski definition) is 6. The van der Waals surface area contributed by atoms with Gasteiger partial charge in [0.2, 0.25) is 27.5 Å². The second-order valence-corrected chi connectivity index (χ2v) is 23.2. The molecule has 6 aromatic rings. The number of aromatic nitrogens is 12. The number of tetrazole rings is 3. The number of nitrogens with one attached hydrogen (secondary N) is 6. The van der Waals surface area contributed by atoms with Crippen molar-refractivity contribution in [2.45, 2.75) is 125 Å². The van der Waals surface area contributed by atoms with E-state index < -0.39 is 10.0 Å². The summed E-state index contributed by atoms with van der Waals surface area (Å²) in [5.41, 5.74) is 3.64. The fourth-order valence-electron chi connectivity index (χ4n) is 14.1. The molecule has 0 spiro atoms. The van der Waals surface area contributed by atoms with E-state index in [2.05, 4.69) is 77.2 Å². The Hall–Kier alpha value is -6.28. The van der Waals surface area contributed by atoms with E-state index >= 15 is 0 Å². The first-order valence-electron chi connectivity index (χ1n) is 25.2. The first-order valence-corrected chi connectivity index (χ1v) is 26.7. The van der Waals surface area contributed by atoms with E-state index in [0.29, 0.717) is 57.2 Å². The Labute approximate surface area is 406 Å². The van der Waals surface area contributed by atoms with Crippen molar-refractivity contribution in [3.63, 3.8) is 0 Å². The minimum absolute atomic E-state index is 0.0137. The summed E-state index contributed by atoms with van der Waals surface area (Å²) in [5, 5.41) is 47.9. The number of carbonyl (C=O) groups is 2. The topological polar surface area (TPSA) is 268 Å². The van der Waals surface area contributed by atoms with E-state index in [1.165, 1.54) is 89.9 Å². The van der Waals surface area contributed by atoms with E-state index in [0.717, 1.165) is 60.3 Å². The van der Waals surface area contributed by atoms with Crippen molar-refractivity contribution in [2.75, 3.05) is 6.54 Å². The van der Waals surface area contributed by atoms with Gasteiger partial charge in [0.25, 0.3) is 11.8 Å². The van der Waals surface area contributed by atoms with Crippen LogP contribution in [0, 0.1) is 41.4 Å². The minimum atomic E-state index is -3.52. The average Bonchev–Trinajstić information content (AvgIpc) is 4.20. The summed E-state index contributed by atoms with van der Waals surface area (Å²) in [6.45, 7) is 0.783. The van der Waals surface area contributed by atoms with Gasteiger partial charge in [0.15, 0.2) is 0 Å². The molecule has 3 aromatic heterocycles. The molecule has 0 radical (unpaired) electrons. The summed E-state index contributed by atoms with van der Waals surface area (Å²) in [5.74, 6) is 6.81. The summed E-state index contributed by atoms with van der Waals surface area (Å²) in [6, 6.07) is 21.4. The van der Waals surface area contributed by atoms with Gasteiger partial charge in [-0.15, -0.1) is 30.6 Å². The zero-order chi connectivity index (χ0) is 47.7. The lowest BCUT2D eigenvalue weighted by Crippen LogP contribution is -2.59. The second-order valence-electron chi connectivity index (χ2n) is 21.6. The van der Waals surface area contributed by atoms with Gasteiger partial charge in [0, 0.05) is 45.4 Å².